The number of aromatic nitrogens is 1. The molecule has 23 heavy (non-hydrogen) atoms. The highest BCUT2D eigenvalue weighted by molar-refractivity contribution is 5.94. The van der Waals surface area contributed by atoms with Gasteiger partial charge in [-0.3, -0.25) is 4.79 Å². The Balaban J connectivity index is 1.70. The summed E-state index contributed by atoms with van der Waals surface area (Å²) >= 11 is 0. The second kappa shape index (κ2) is 6.67. The zero-order valence-electron chi connectivity index (χ0n) is 12.8. The van der Waals surface area contributed by atoms with Gasteiger partial charge < -0.3 is 15.0 Å². The molecule has 0 saturated carbocycles. The molecule has 0 spiro atoms. The quantitative estimate of drug-likeness (QED) is 0.911. The standard InChI is InChI=1S/C18H19N3O2/c19-11-15-9-14(12-20-15)18(23)21-8-4-7-16(21)10-17(22)13-5-2-1-3-6-13/h1-3,5-6,9,12,16-17,20,22H,4,7-8,10H2. The van der Waals surface area contributed by atoms with E-state index in [1.807, 2.05) is 41.3 Å². The van der Waals surface area contributed by atoms with E-state index in [2.05, 4.69) is 4.98 Å². The maximum atomic E-state index is 12.6. The Morgan fingerprint density at radius 2 is 2.22 bits per heavy atom. The number of aliphatic hydroxyl groups excluding tert-OH is 1. The number of aliphatic hydroxyl groups is 1. The molecule has 2 aromatic rings. The van der Waals surface area contributed by atoms with Crippen molar-refractivity contribution in [3.05, 3.63) is 59.4 Å². The van der Waals surface area contributed by atoms with Crippen LogP contribution in [0.4, 0.5) is 0 Å². The smallest absolute Gasteiger partial charge is 0.255 e. The van der Waals surface area contributed by atoms with Gasteiger partial charge in [-0.15, -0.1) is 0 Å². The highest BCUT2D eigenvalue weighted by Crippen LogP contribution is 2.28. The Hall–Kier alpha value is -2.58. The molecule has 2 atom stereocenters. The van der Waals surface area contributed by atoms with Crippen LogP contribution >= 0.6 is 0 Å². The van der Waals surface area contributed by atoms with E-state index in [0.717, 1.165) is 18.4 Å². The highest BCUT2D eigenvalue weighted by atomic mass is 16.3. The number of nitrogens with zero attached hydrogens (tertiary/aromatic N) is 2. The topological polar surface area (TPSA) is 80.1 Å². The Labute approximate surface area is 135 Å². The average molecular weight is 309 g/mol. The molecular formula is C18H19N3O2. The fourth-order valence-corrected chi connectivity index (χ4v) is 3.17. The van der Waals surface area contributed by atoms with Gasteiger partial charge in [0.2, 0.25) is 0 Å². The number of carbonyl (C=O) groups is 1. The summed E-state index contributed by atoms with van der Waals surface area (Å²) in [4.78, 5) is 17.2. The zero-order chi connectivity index (χ0) is 16.2. The van der Waals surface area contributed by atoms with Crippen LogP contribution in [0.3, 0.4) is 0 Å². The maximum absolute atomic E-state index is 12.6. The second-order valence-electron chi connectivity index (χ2n) is 5.87. The molecule has 1 saturated heterocycles. The molecule has 1 aromatic carbocycles. The minimum Gasteiger partial charge on any atom is -0.388 e. The van der Waals surface area contributed by atoms with Crippen LogP contribution in [0, 0.1) is 11.3 Å². The van der Waals surface area contributed by atoms with E-state index in [4.69, 9.17) is 5.26 Å². The first-order chi connectivity index (χ1) is 11.2. The largest absolute Gasteiger partial charge is 0.388 e. The molecule has 5 heteroatoms. The maximum Gasteiger partial charge on any atom is 0.255 e. The molecule has 0 radical (unpaired) electrons. The predicted molar refractivity (Wildman–Crippen MR) is 85.6 cm³/mol. The van der Waals surface area contributed by atoms with Crippen LogP contribution < -0.4 is 0 Å². The number of aromatic amines is 1. The SMILES string of the molecule is N#Cc1cc(C(=O)N2CCCC2CC(O)c2ccccc2)c[nH]1. The van der Waals surface area contributed by atoms with Gasteiger partial charge in [-0.2, -0.15) is 5.26 Å². The number of hydrogen-bond acceptors (Lipinski definition) is 3. The molecule has 1 aliphatic heterocycles. The first kappa shape index (κ1) is 15.3. The molecular weight excluding hydrogens is 290 g/mol. The van der Waals surface area contributed by atoms with Crippen LogP contribution in [-0.4, -0.2) is 33.5 Å². The minimum absolute atomic E-state index is 0.0261. The monoisotopic (exact) mass is 309 g/mol. The molecule has 2 heterocycles. The number of amides is 1. The molecule has 5 nitrogen and oxygen atoms in total. The van der Waals surface area contributed by atoms with E-state index in [9.17, 15) is 9.90 Å². The van der Waals surface area contributed by atoms with E-state index < -0.39 is 6.10 Å². The number of nitrogens with one attached hydrogen (secondary N) is 1. The first-order valence-electron chi connectivity index (χ1n) is 7.81. The van der Waals surface area contributed by atoms with Crippen molar-refractivity contribution in [2.24, 2.45) is 0 Å². The van der Waals surface area contributed by atoms with Gasteiger partial charge in [-0.05, 0) is 30.9 Å². The van der Waals surface area contributed by atoms with Crippen molar-refractivity contribution in [2.45, 2.75) is 31.4 Å². The molecule has 1 fully saturated rings. The third-order valence-electron chi connectivity index (χ3n) is 4.37. The van der Waals surface area contributed by atoms with Crippen molar-refractivity contribution in [3.8, 4) is 6.07 Å². The van der Waals surface area contributed by atoms with Crippen LogP contribution in [-0.2, 0) is 0 Å². The molecule has 118 valence electrons. The number of likely N-dealkylation sites (tertiary alicyclic amines) is 1. The zero-order valence-corrected chi connectivity index (χ0v) is 12.8. The van der Waals surface area contributed by atoms with Gasteiger partial charge in [0.1, 0.15) is 11.8 Å². The lowest BCUT2D eigenvalue weighted by Gasteiger charge is -2.26. The van der Waals surface area contributed by atoms with Crippen molar-refractivity contribution in [3.63, 3.8) is 0 Å². The van der Waals surface area contributed by atoms with Crippen LogP contribution in [0.2, 0.25) is 0 Å². The van der Waals surface area contributed by atoms with E-state index in [1.165, 1.54) is 0 Å². The normalized spacial score (nSPS) is 18.6. The van der Waals surface area contributed by atoms with Gasteiger partial charge in [-0.1, -0.05) is 30.3 Å². The number of H-pyrrole nitrogens is 1. The molecule has 1 aliphatic rings. The number of hydrogen-bond donors (Lipinski definition) is 2. The fourth-order valence-electron chi connectivity index (χ4n) is 3.17. The molecule has 1 amide bonds. The molecule has 3 rings (SSSR count). The van der Waals surface area contributed by atoms with Crippen molar-refractivity contribution < 1.29 is 9.90 Å². The summed E-state index contributed by atoms with van der Waals surface area (Å²) in [5.41, 5.74) is 1.76. The fraction of sp³-hybridized carbons (Fsp3) is 0.333. The Kier molecular flexibility index (Phi) is 4.45. The Morgan fingerprint density at radius 1 is 1.43 bits per heavy atom. The lowest BCUT2D eigenvalue weighted by molar-refractivity contribution is 0.0667. The minimum atomic E-state index is -0.574. The van der Waals surface area contributed by atoms with Gasteiger partial charge in [0, 0.05) is 18.8 Å². The summed E-state index contributed by atoms with van der Waals surface area (Å²) in [6.45, 7) is 0.693. The summed E-state index contributed by atoms with van der Waals surface area (Å²) in [6.07, 6.45) is 3.36. The van der Waals surface area contributed by atoms with Crippen molar-refractivity contribution in [2.75, 3.05) is 6.54 Å². The number of carbonyl (C=O) groups excluding carboxylic acids is 1. The van der Waals surface area contributed by atoms with E-state index in [1.54, 1.807) is 12.3 Å². The van der Waals surface area contributed by atoms with Gasteiger partial charge in [0.25, 0.3) is 5.91 Å². The van der Waals surface area contributed by atoms with Crippen molar-refractivity contribution in [1.82, 2.24) is 9.88 Å². The molecule has 0 bridgehead atoms. The number of nitriles is 1. The average Bonchev–Trinajstić information content (AvgIpc) is 3.24. The third-order valence-corrected chi connectivity index (χ3v) is 4.37. The van der Waals surface area contributed by atoms with Gasteiger partial charge in [0.05, 0.1) is 11.7 Å². The van der Waals surface area contributed by atoms with Crippen LogP contribution in [0.15, 0.2) is 42.6 Å². The number of rotatable bonds is 4. The lowest BCUT2D eigenvalue weighted by Crippen LogP contribution is -2.36. The van der Waals surface area contributed by atoms with Crippen LogP contribution in [0.5, 0.6) is 0 Å². The second-order valence-corrected chi connectivity index (χ2v) is 5.87. The predicted octanol–water partition coefficient (Wildman–Crippen LogP) is 2.61. The molecule has 2 unspecified atom stereocenters. The van der Waals surface area contributed by atoms with E-state index in [0.29, 0.717) is 24.2 Å². The third kappa shape index (κ3) is 3.27. The summed E-state index contributed by atoms with van der Waals surface area (Å²) < 4.78 is 0. The van der Waals surface area contributed by atoms with E-state index in [-0.39, 0.29) is 11.9 Å². The summed E-state index contributed by atoms with van der Waals surface area (Å²) in [5, 5.41) is 19.3. The first-order valence-corrected chi connectivity index (χ1v) is 7.81. The molecule has 2 N–H and O–H groups in total. The Morgan fingerprint density at radius 3 is 2.91 bits per heavy atom. The van der Waals surface area contributed by atoms with Gasteiger partial charge in [0.15, 0.2) is 0 Å². The van der Waals surface area contributed by atoms with Crippen LogP contribution in [0.1, 0.15) is 47.0 Å². The summed E-state index contributed by atoms with van der Waals surface area (Å²) in [7, 11) is 0. The van der Waals surface area contributed by atoms with Gasteiger partial charge in [-0.25, -0.2) is 0 Å². The summed E-state index contributed by atoms with van der Waals surface area (Å²) in [5.74, 6) is -0.0782. The van der Waals surface area contributed by atoms with E-state index >= 15 is 0 Å². The molecule has 1 aromatic heterocycles. The lowest BCUT2D eigenvalue weighted by atomic mass is 10.0. The summed E-state index contributed by atoms with van der Waals surface area (Å²) in [6, 6.07) is 13.1. The van der Waals surface area contributed by atoms with Crippen molar-refractivity contribution >= 4 is 5.91 Å². The van der Waals surface area contributed by atoms with Gasteiger partial charge >= 0.3 is 0 Å². The molecule has 0 aliphatic carbocycles. The highest BCUT2D eigenvalue weighted by Gasteiger charge is 2.31. The Bertz CT molecular complexity index is 717. The van der Waals surface area contributed by atoms with Crippen molar-refractivity contribution in [1.29, 1.82) is 5.26 Å². The number of benzene rings is 1. The van der Waals surface area contributed by atoms with Crippen LogP contribution in [0.25, 0.3) is 0 Å².